The van der Waals surface area contributed by atoms with Gasteiger partial charge in [-0.1, -0.05) is 182 Å². The fraction of sp³-hybridized carbons (Fsp3) is 0.185. The van der Waals surface area contributed by atoms with E-state index in [1.54, 1.807) is 7.11 Å². The summed E-state index contributed by atoms with van der Waals surface area (Å²) in [5.74, 6) is -1.00. The third-order valence-corrected chi connectivity index (χ3v) is 14.0. The van der Waals surface area contributed by atoms with Crippen molar-refractivity contribution in [3.63, 3.8) is 0 Å². The molecule has 2 aliphatic heterocycles. The summed E-state index contributed by atoms with van der Waals surface area (Å²) in [5.41, 5.74) is 3.63. The summed E-state index contributed by atoms with van der Waals surface area (Å²) in [6, 6.07) is 63.3. The Hall–Kier alpha value is -6.45. The third kappa shape index (κ3) is 9.70. The van der Waals surface area contributed by atoms with Gasteiger partial charge in [-0.3, -0.25) is 9.59 Å². The summed E-state index contributed by atoms with van der Waals surface area (Å²) < 4.78 is 38.7. The molecule has 9 nitrogen and oxygen atoms in total. The highest BCUT2D eigenvalue weighted by Crippen LogP contribution is 2.39. The zero-order valence-corrected chi connectivity index (χ0v) is 36.1. The molecule has 1 amide bonds. The molecule has 10 heteroatoms. The zero-order valence-electron chi connectivity index (χ0n) is 35.2. The molecule has 2 aliphatic rings. The number of carbonyl (C=O) groups is 2. The van der Waals surface area contributed by atoms with E-state index in [0.717, 1.165) is 38.2 Å². The van der Waals surface area contributed by atoms with E-state index in [0.29, 0.717) is 11.3 Å². The SMILES string of the molecule is COc1ccc([C@@H]2OC[C@H]3O[C@H](OCc4ccccc4)[C@H](NC(=O)c4ccccc4P(c4ccccc4)c4ccccc4)[C@@H](OC(=O)C(c4ccccc4)c4ccccc4)[C@@H]3O2)cc1. The van der Waals surface area contributed by atoms with E-state index in [2.05, 4.69) is 29.6 Å². The molecule has 9 rings (SSSR count). The van der Waals surface area contributed by atoms with E-state index >= 15 is 9.59 Å². The maximum Gasteiger partial charge on any atom is 0.318 e. The van der Waals surface area contributed by atoms with Gasteiger partial charge in [0, 0.05) is 11.1 Å². The molecule has 7 aromatic carbocycles. The van der Waals surface area contributed by atoms with Crippen molar-refractivity contribution in [3.8, 4) is 5.75 Å². The standard InChI is InChI=1S/C54H48NO8P/c1-58-41-33-31-40(32-34-41)53-60-36-45-49(63-53)50(62-52(57)47(38-21-9-3-10-22-38)39-23-11-4-12-24-39)48(54(61-45)59-35-37-19-7-2-8-20-37)55-51(56)44-29-17-18-30-46(44)64(42-25-13-5-14-26-42)43-27-15-6-16-28-43/h2-34,45,47-50,53-54H,35-36H2,1H3,(H,55,56)/t45-,48-,49-,50-,53-,54+/m1/s1. The summed E-state index contributed by atoms with van der Waals surface area (Å²) in [6.45, 7) is 0.260. The van der Waals surface area contributed by atoms with E-state index in [9.17, 15) is 0 Å². The average molecular weight is 870 g/mol. The Morgan fingerprint density at radius 3 is 1.80 bits per heavy atom. The van der Waals surface area contributed by atoms with Crippen molar-refractivity contribution in [1.29, 1.82) is 0 Å². The molecule has 2 fully saturated rings. The minimum atomic E-state index is -1.16. The lowest BCUT2D eigenvalue weighted by Crippen LogP contribution is -2.68. The van der Waals surface area contributed by atoms with Crippen LogP contribution in [-0.2, 0) is 35.1 Å². The van der Waals surface area contributed by atoms with Crippen LogP contribution < -0.4 is 26.0 Å². The minimum Gasteiger partial charge on any atom is -0.497 e. The van der Waals surface area contributed by atoms with Crippen molar-refractivity contribution in [3.05, 3.63) is 228 Å². The highest BCUT2D eigenvalue weighted by Gasteiger charge is 2.53. The van der Waals surface area contributed by atoms with Crippen molar-refractivity contribution in [2.24, 2.45) is 0 Å². The van der Waals surface area contributed by atoms with Gasteiger partial charge in [0.1, 0.15) is 29.9 Å². The van der Waals surface area contributed by atoms with Crippen LogP contribution >= 0.6 is 7.92 Å². The number of nitrogens with one attached hydrogen (secondary N) is 1. The summed E-state index contributed by atoms with van der Waals surface area (Å²) >= 11 is 0. The molecule has 0 aromatic heterocycles. The van der Waals surface area contributed by atoms with Gasteiger partial charge in [-0.15, -0.1) is 0 Å². The molecule has 0 saturated carbocycles. The average Bonchev–Trinajstić information content (AvgIpc) is 3.36. The van der Waals surface area contributed by atoms with Crippen LogP contribution in [0.15, 0.2) is 200 Å². The lowest BCUT2D eigenvalue weighted by Gasteiger charge is -2.49. The minimum absolute atomic E-state index is 0.101. The van der Waals surface area contributed by atoms with Gasteiger partial charge in [-0.05, 0) is 58.7 Å². The number of hydrogen-bond acceptors (Lipinski definition) is 8. The molecule has 0 bridgehead atoms. The van der Waals surface area contributed by atoms with Crippen LogP contribution in [0.3, 0.4) is 0 Å². The van der Waals surface area contributed by atoms with Crippen LogP contribution in [0, 0.1) is 0 Å². The van der Waals surface area contributed by atoms with E-state index < -0.39 is 56.7 Å². The van der Waals surface area contributed by atoms with Gasteiger partial charge < -0.3 is 33.7 Å². The first-order chi connectivity index (χ1) is 31.5. The largest absolute Gasteiger partial charge is 0.497 e. The summed E-state index contributed by atoms with van der Waals surface area (Å²) in [6.07, 6.45) is -4.65. The number of ether oxygens (including phenoxy) is 6. The van der Waals surface area contributed by atoms with Crippen LogP contribution in [-0.4, -0.2) is 56.2 Å². The van der Waals surface area contributed by atoms with Gasteiger partial charge in [0.2, 0.25) is 0 Å². The number of carbonyl (C=O) groups excluding carboxylic acids is 2. The molecule has 64 heavy (non-hydrogen) atoms. The summed E-state index contributed by atoms with van der Waals surface area (Å²) in [7, 11) is 0.446. The van der Waals surface area contributed by atoms with E-state index in [1.807, 2.05) is 176 Å². The second kappa shape index (κ2) is 20.4. The molecular formula is C54H48NO8P. The quantitative estimate of drug-likeness (QED) is 0.0861. The Labute approximate surface area is 374 Å². The Bertz CT molecular complexity index is 2510. The first-order valence-corrected chi connectivity index (χ1v) is 22.7. The second-order valence-electron chi connectivity index (χ2n) is 15.6. The van der Waals surface area contributed by atoms with E-state index in [1.165, 1.54) is 0 Å². The predicted octanol–water partition coefficient (Wildman–Crippen LogP) is 8.35. The number of methoxy groups -OCH3 is 1. The molecule has 0 unspecified atom stereocenters. The van der Waals surface area contributed by atoms with Gasteiger partial charge in [-0.2, -0.15) is 0 Å². The van der Waals surface area contributed by atoms with Crippen molar-refractivity contribution in [2.45, 2.75) is 49.5 Å². The molecule has 0 spiro atoms. The molecule has 2 saturated heterocycles. The Balaban J connectivity index is 1.13. The van der Waals surface area contributed by atoms with E-state index in [4.69, 9.17) is 28.4 Å². The van der Waals surface area contributed by atoms with Gasteiger partial charge in [-0.25, -0.2) is 0 Å². The van der Waals surface area contributed by atoms with Crippen molar-refractivity contribution in [1.82, 2.24) is 5.32 Å². The number of rotatable bonds is 14. The maximum absolute atomic E-state index is 15.2. The zero-order chi connectivity index (χ0) is 43.7. The normalized spacial score (nSPS) is 20.5. The predicted molar refractivity (Wildman–Crippen MR) is 247 cm³/mol. The van der Waals surface area contributed by atoms with Crippen molar-refractivity contribution < 1.29 is 38.0 Å². The number of esters is 1. The first-order valence-electron chi connectivity index (χ1n) is 21.4. The summed E-state index contributed by atoms with van der Waals surface area (Å²) in [4.78, 5) is 30.2. The van der Waals surface area contributed by atoms with Gasteiger partial charge in [0.25, 0.3) is 5.91 Å². The van der Waals surface area contributed by atoms with Gasteiger partial charge >= 0.3 is 5.97 Å². The fourth-order valence-corrected chi connectivity index (χ4v) is 10.8. The number of amides is 1. The molecule has 0 aliphatic carbocycles. The highest BCUT2D eigenvalue weighted by atomic mass is 31.1. The van der Waals surface area contributed by atoms with Gasteiger partial charge in [0.15, 0.2) is 18.7 Å². The van der Waals surface area contributed by atoms with Crippen LogP contribution in [0.2, 0.25) is 0 Å². The van der Waals surface area contributed by atoms with Crippen molar-refractivity contribution in [2.75, 3.05) is 13.7 Å². The molecule has 6 atom stereocenters. The van der Waals surface area contributed by atoms with Crippen LogP contribution in [0.4, 0.5) is 0 Å². The number of hydrogen-bond donors (Lipinski definition) is 1. The lowest BCUT2D eigenvalue weighted by molar-refractivity contribution is -0.346. The first kappa shape index (κ1) is 42.8. The van der Waals surface area contributed by atoms with E-state index in [-0.39, 0.29) is 19.1 Å². The van der Waals surface area contributed by atoms with Crippen molar-refractivity contribution >= 4 is 35.7 Å². The lowest BCUT2D eigenvalue weighted by atomic mass is 9.90. The smallest absolute Gasteiger partial charge is 0.318 e. The monoisotopic (exact) mass is 869 g/mol. The summed E-state index contributed by atoms with van der Waals surface area (Å²) in [5, 5.41) is 6.36. The van der Waals surface area contributed by atoms with Gasteiger partial charge in [0.05, 0.1) is 20.3 Å². The number of benzene rings is 7. The molecule has 7 aromatic rings. The Morgan fingerprint density at radius 1 is 0.656 bits per heavy atom. The van der Waals surface area contributed by atoms with Crippen LogP contribution in [0.25, 0.3) is 0 Å². The second-order valence-corrected chi connectivity index (χ2v) is 17.7. The highest BCUT2D eigenvalue weighted by molar-refractivity contribution is 7.80. The topological polar surface area (TPSA) is 102 Å². The fourth-order valence-electron chi connectivity index (χ4n) is 8.32. The van der Waals surface area contributed by atoms with Crippen LogP contribution in [0.5, 0.6) is 5.75 Å². The molecule has 0 radical (unpaired) electrons. The molecule has 2 heterocycles. The third-order valence-electron chi connectivity index (χ3n) is 11.5. The van der Waals surface area contributed by atoms with Crippen LogP contribution in [0.1, 0.15) is 44.8 Å². The molecule has 1 N–H and O–H groups in total. The molecule has 322 valence electrons. The Kier molecular flexibility index (Phi) is 13.6. The molecular weight excluding hydrogens is 822 g/mol. The Morgan fingerprint density at radius 2 is 1.20 bits per heavy atom. The number of fused-ring (bicyclic) bond motifs is 1. The maximum atomic E-state index is 15.2.